The SMILES string of the molecule is c1ccc(-c2ccc(-c3ccc(N(c4ccc(-c5cccc(-n6c7ccccc7c7ccccc76)c5)cc4)c4cccc5oc6c7ccccc7ccc6c45)cc3)cc2)cc1. The highest BCUT2D eigenvalue weighted by molar-refractivity contribution is 6.19. The molecule has 0 saturated heterocycles. The summed E-state index contributed by atoms with van der Waals surface area (Å²) < 4.78 is 9.07. The smallest absolute Gasteiger partial charge is 0.143 e. The van der Waals surface area contributed by atoms with Gasteiger partial charge < -0.3 is 13.9 Å². The van der Waals surface area contributed by atoms with Gasteiger partial charge >= 0.3 is 0 Å². The van der Waals surface area contributed by atoms with Crippen LogP contribution in [0.2, 0.25) is 0 Å². The molecule has 0 atom stereocenters. The third-order valence-electron chi connectivity index (χ3n) is 12.2. The molecule has 0 aliphatic carbocycles. The van der Waals surface area contributed by atoms with Crippen molar-refractivity contribution >= 4 is 71.6 Å². The van der Waals surface area contributed by atoms with E-state index in [0.29, 0.717) is 0 Å². The van der Waals surface area contributed by atoms with Crippen molar-refractivity contribution in [2.45, 2.75) is 0 Å². The van der Waals surface area contributed by atoms with Gasteiger partial charge in [0, 0.05) is 38.6 Å². The Morgan fingerprint density at radius 3 is 1.51 bits per heavy atom. The van der Waals surface area contributed by atoms with Gasteiger partial charge in [-0.3, -0.25) is 0 Å². The monoisotopic (exact) mass is 778 g/mol. The van der Waals surface area contributed by atoms with Gasteiger partial charge in [0.1, 0.15) is 11.2 Å². The third kappa shape index (κ3) is 5.90. The Hall–Kier alpha value is -8.14. The molecule has 2 aromatic heterocycles. The molecule has 3 heteroatoms. The molecule has 12 rings (SSSR count). The Kier molecular flexibility index (Phi) is 8.17. The zero-order chi connectivity index (χ0) is 40.3. The maximum atomic E-state index is 6.69. The van der Waals surface area contributed by atoms with Crippen LogP contribution in [0.5, 0.6) is 0 Å². The van der Waals surface area contributed by atoms with Crippen molar-refractivity contribution in [3.05, 3.63) is 231 Å². The Balaban J connectivity index is 0.965. The van der Waals surface area contributed by atoms with E-state index >= 15 is 0 Å². The molecule has 286 valence electrons. The fraction of sp³-hybridized carbons (Fsp3) is 0. The van der Waals surface area contributed by atoms with Crippen molar-refractivity contribution in [1.82, 2.24) is 4.57 Å². The van der Waals surface area contributed by atoms with Gasteiger partial charge in [-0.2, -0.15) is 0 Å². The van der Waals surface area contributed by atoms with Crippen LogP contribution in [0.1, 0.15) is 0 Å². The van der Waals surface area contributed by atoms with Gasteiger partial charge in [0.2, 0.25) is 0 Å². The van der Waals surface area contributed by atoms with Gasteiger partial charge in [0.05, 0.1) is 22.1 Å². The predicted molar refractivity (Wildman–Crippen MR) is 257 cm³/mol. The number of nitrogens with zero attached hydrogens (tertiary/aromatic N) is 2. The van der Waals surface area contributed by atoms with Crippen molar-refractivity contribution in [2.24, 2.45) is 0 Å². The van der Waals surface area contributed by atoms with Gasteiger partial charge in [0.15, 0.2) is 0 Å². The van der Waals surface area contributed by atoms with Crippen molar-refractivity contribution in [1.29, 1.82) is 0 Å². The van der Waals surface area contributed by atoms with Crippen LogP contribution < -0.4 is 4.90 Å². The van der Waals surface area contributed by atoms with Gasteiger partial charge in [-0.25, -0.2) is 0 Å². The predicted octanol–water partition coefficient (Wildman–Crippen LogP) is 16.3. The lowest BCUT2D eigenvalue weighted by atomic mass is 9.99. The average molecular weight is 779 g/mol. The van der Waals surface area contributed by atoms with Crippen LogP contribution in [0.15, 0.2) is 235 Å². The lowest BCUT2D eigenvalue weighted by molar-refractivity contribution is 0.672. The van der Waals surface area contributed by atoms with Crippen LogP contribution in [0.3, 0.4) is 0 Å². The molecule has 0 fully saturated rings. The molecule has 0 bridgehead atoms. The topological polar surface area (TPSA) is 21.3 Å². The van der Waals surface area contributed by atoms with E-state index in [1.807, 2.05) is 0 Å². The van der Waals surface area contributed by atoms with Crippen LogP contribution in [-0.2, 0) is 0 Å². The highest BCUT2D eigenvalue weighted by Crippen LogP contribution is 2.45. The van der Waals surface area contributed by atoms with Crippen molar-refractivity contribution in [3.63, 3.8) is 0 Å². The molecule has 0 N–H and O–H groups in total. The number of para-hydroxylation sites is 2. The van der Waals surface area contributed by atoms with E-state index in [0.717, 1.165) is 66.6 Å². The van der Waals surface area contributed by atoms with E-state index in [9.17, 15) is 0 Å². The number of rotatable bonds is 7. The third-order valence-corrected chi connectivity index (χ3v) is 12.2. The minimum Gasteiger partial charge on any atom is -0.455 e. The highest BCUT2D eigenvalue weighted by atomic mass is 16.3. The number of anilines is 3. The average Bonchev–Trinajstić information content (AvgIpc) is 3.89. The molecule has 3 nitrogen and oxygen atoms in total. The molecule has 0 saturated carbocycles. The quantitative estimate of drug-likeness (QED) is 0.161. The zero-order valence-corrected chi connectivity index (χ0v) is 33.2. The minimum absolute atomic E-state index is 0.863. The Labute approximate surface area is 353 Å². The molecule has 10 aromatic carbocycles. The summed E-state index contributed by atoms with van der Waals surface area (Å²) in [7, 11) is 0. The summed E-state index contributed by atoms with van der Waals surface area (Å²) in [6, 6.07) is 82.8. The number of furan rings is 1. The van der Waals surface area contributed by atoms with Crippen molar-refractivity contribution in [2.75, 3.05) is 4.90 Å². The second kappa shape index (κ2) is 14.3. The van der Waals surface area contributed by atoms with Gasteiger partial charge in [-0.1, -0.05) is 164 Å². The van der Waals surface area contributed by atoms with E-state index < -0.39 is 0 Å². The summed E-state index contributed by atoms with van der Waals surface area (Å²) in [4.78, 5) is 2.37. The van der Waals surface area contributed by atoms with Gasteiger partial charge in [-0.15, -0.1) is 0 Å². The van der Waals surface area contributed by atoms with Gasteiger partial charge in [0.25, 0.3) is 0 Å². The lowest BCUT2D eigenvalue weighted by Gasteiger charge is -2.26. The summed E-state index contributed by atoms with van der Waals surface area (Å²) in [5.74, 6) is 0. The fourth-order valence-electron chi connectivity index (χ4n) is 9.27. The lowest BCUT2D eigenvalue weighted by Crippen LogP contribution is -2.10. The number of benzene rings is 10. The molecular formula is C58H38N2O. The molecule has 0 spiro atoms. The normalized spacial score (nSPS) is 11.6. The maximum absolute atomic E-state index is 6.69. The molecule has 0 aliphatic rings. The Bertz CT molecular complexity index is 3510. The van der Waals surface area contributed by atoms with E-state index in [1.165, 1.54) is 44.1 Å². The first-order chi connectivity index (χ1) is 30.2. The van der Waals surface area contributed by atoms with E-state index in [-0.39, 0.29) is 0 Å². The molecule has 0 radical (unpaired) electrons. The molecule has 0 aliphatic heterocycles. The number of hydrogen-bond donors (Lipinski definition) is 0. The summed E-state index contributed by atoms with van der Waals surface area (Å²) in [5.41, 5.74) is 15.6. The molecule has 0 unspecified atom stereocenters. The summed E-state index contributed by atoms with van der Waals surface area (Å²) in [6.07, 6.45) is 0. The summed E-state index contributed by atoms with van der Waals surface area (Å²) >= 11 is 0. The van der Waals surface area contributed by atoms with Gasteiger partial charge in [-0.05, 0) is 105 Å². The van der Waals surface area contributed by atoms with E-state index in [2.05, 4.69) is 240 Å². The first kappa shape index (κ1) is 34.9. The molecule has 2 heterocycles. The molecule has 61 heavy (non-hydrogen) atoms. The summed E-state index contributed by atoms with van der Waals surface area (Å²) in [6.45, 7) is 0. The van der Waals surface area contributed by atoms with Crippen LogP contribution in [0, 0.1) is 0 Å². The summed E-state index contributed by atoms with van der Waals surface area (Å²) in [5, 5.41) is 6.99. The van der Waals surface area contributed by atoms with Crippen LogP contribution in [-0.4, -0.2) is 4.57 Å². The second-order valence-electron chi connectivity index (χ2n) is 15.7. The first-order valence-corrected chi connectivity index (χ1v) is 20.8. The molecule has 0 amide bonds. The van der Waals surface area contributed by atoms with E-state index in [4.69, 9.17) is 4.42 Å². The fourth-order valence-corrected chi connectivity index (χ4v) is 9.27. The van der Waals surface area contributed by atoms with Crippen LogP contribution in [0.4, 0.5) is 17.1 Å². The Morgan fingerprint density at radius 2 is 0.852 bits per heavy atom. The first-order valence-electron chi connectivity index (χ1n) is 20.8. The highest BCUT2D eigenvalue weighted by Gasteiger charge is 2.21. The second-order valence-corrected chi connectivity index (χ2v) is 15.7. The number of aromatic nitrogens is 1. The number of fused-ring (bicyclic) bond motifs is 8. The van der Waals surface area contributed by atoms with Crippen molar-refractivity contribution < 1.29 is 4.42 Å². The minimum atomic E-state index is 0.863. The molecule has 12 aromatic rings. The largest absolute Gasteiger partial charge is 0.455 e. The Morgan fingerprint density at radius 1 is 0.344 bits per heavy atom. The van der Waals surface area contributed by atoms with E-state index in [1.54, 1.807) is 0 Å². The van der Waals surface area contributed by atoms with Crippen molar-refractivity contribution in [3.8, 4) is 39.1 Å². The zero-order valence-electron chi connectivity index (χ0n) is 33.2. The van der Waals surface area contributed by atoms with Crippen LogP contribution in [0.25, 0.3) is 93.6 Å². The van der Waals surface area contributed by atoms with Crippen LogP contribution >= 0.6 is 0 Å². The number of hydrogen-bond acceptors (Lipinski definition) is 2. The molecular weight excluding hydrogens is 741 g/mol. The standard InChI is InChI=1S/C58H38N2O/c1-2-12-39(13-3-1)40-24-26-41(27-25-40)42-28-33-46(34-29-42)59(55-22-11-23-56-57(55)52-37-32-44-14-4-5-17-49(44)58(52)61-56)47-35-30-43(31-36-47)45-15-10-16-48(38-45)60-53-20-8-6-18-50(53)51-19-7-9-21-54(51)60/h1-38H. The maximum Gasteiger partial charge on any atom is 0.143 e.